The summed E-state index contributed by atoms with van der Waals surface area (Å²) in [5.41, 5.74) is 1.27. The van der Waals surface area contributed by atoms with Crippen molar-refractivity contribution in [3.05, 3.63) is 39.8 Å². The number of aromatic nitrogens is 1. The van der Waals surface area contributed by atoms with E-state index in [1.54, 1.807) is 17.5 Å². The third kappa shape index (κ3) is 5.07. The number of hydrogen-bond acceptors (Lipinski definition) is 6. The number of amides is 1. The van der Waals surface area contributed by atoms with Gasteiger partial charge in [-0.1, -0.05) is 12.1 Å². The maximum Gasteiger partial charge on any atom is 0.270 e. The van der Waals surface area contributed by atoms with Crippen LogP contribution in [0.15, 0.2) is 29.6 Å². The molecule has 1 aromatic heterocycles. The summed E-state index contributed by atoms with van der Waals surface area (Å²) in [5.74, 6) is -0.123. The first-order valence-corrected chi connectivity index (χ1v) is 8.92. The zero-order valence-electron chi connectivity index (χ0n) is 14.7. The second-order valence-corrected chi connectivity index (χ2v) is 7.11. The van der Waals surface area contributed by atoms with Crippen LogP contribution in [0.2, 0.25) is 0 Å². The Hall–Kier alpha value is -2.32. The Balaban J connectivity index is 2.07. The van der Waals surface area contributed by atoms with Gasteiger partial charge in [0.15, 0.2) is 5.13 Å². The Labute approximate surface area is 150 Å². The van der Waals surface area contributed by atoms with Gasteiger partial charge in [0, 0.05) is 35.2 Å². The van der Waals surface area contributed by atoms with E-state index in [4.69, 9.17) is 0 Å². The van der Waals surface area contributed by atoms with E-state index in [1.807, 2.05) is 0 Å². The molecule has 7 nitrogen and oxygen atoms in total. The number of carbonyl (C=O) groups excluding carboxylic acids is 1. The molecule has 134 valence electrons. The van der Waals surface area contributed by atoms with Crippen molar-refractivity contribution in [3.63, 3.8) is 0 Å². The molecule has 2 aromatic rings. The minimum absolute atomic E-state index is 0.0144. The topological polar surface area (TPSA) is 88.4 Å². The number of nitro groups is 1. The van der Waals surface area contributed by atoms with Crippen LogP contribution >= 0.6 is 11.3 Å². The van der Waals surface area contributed by atoms with Crippen molar-refractivity contribution in [2.45, 2.75) is 39.8 Å². The Morgan fingerprint density at radius 1 is 1.32 bits per heavy atom. The highest BCUT2D eigenvalue weighted by atomic mass is 32.1. The van der Waals surface area contributed by atoms with Crippen molar-refractivity contribution in [1.82, 2.24) is 9.88 Å². The van der Waals surface area contributed by atoms with E-state index in [9.17, 15) is 14.9 Å². The number of anilines is 1. The summed E-state index contributed by atoms with van der Waals surface area (Å²) in [4.78, 5) is 29.1. The summed E-state index contributed by atoms with van der Waals surface area (Å²) in [7, 11) is 0. The summed E-state index contributed by atoms with van der Waals surface area (Å²) in [6.07, 6.45) is 0. The molecule has 8 heteroatoms. The van der Waals surface area contributed by atoms with Crippen LogP contribution in [-0.2, 0) is 4.79 Å². The molecule has 0 aliphatic heterocycles. The fourth-order valence-electron chi connectivity index (χ4n) is 2.53. The lowest BCUT2D eigenvalue weighted by Gasteiger charge is -2.29. The minimum Gasteiger partial charge on any atom is -0.301 e. The normalized spacial score (nSPS) is 11.3. The van der Waals surface area contributed by atoms with Gasteiger partial charge in [0.25, 0.3) is 5.69 Å². The van der Waals surface area contributed by atoms with Crippen molar-refractivity contribution in [2.24, 2.45) is 0 Å². The highest BCUT2D eigenvalue weighted by Gasteiger charge is 2.18. The van der Waals surface area contributed by atoms with Gasteiger partial charge >= 0.3 is 0 Å². The maximum absolute atomic E-state index is 12.2. The summed E-state index contributed by atoms with van der Waals surface area (Å²) >= 11 is 1.30. The van der Waals surface area contributed by atoms with Crippen molar-refractivity contribution in [3.8, 4) is 11.3 Å². The van der Waals surface area contributed by atoms with Crippen molar-refractivity contribution in [2.75, 3.05) is 11.9 Å². The number of rotatable bonds is 7. The molecule has 1 heterocycles. The van der Waals surface area contributed by atoms with Crippen LogP contribution < -0.4 is 5.32 Å². The smallest absolute Gasteiger partial charge is 0.270 e. The monoisotopic (exact) mass is 362 g/mol. The molecule has 0 radical (unpaired) electrons. The van der Waals surface area contributed by atoms with Crippen LogP contribution in [0.3, 0.4) is 0 Å². The second kappa shape index (κ2) is 8.17. The van der Waals surface area contributed by atoms with Gasteiger partial charge in [-0.25, -0.2) is 4.98 Å². The average molecular weight is 362 g/mol. The van der Waals surface area contributed by atoms with Crippen LogP contribution in [0.5, 0.6) is 0 Å². The summed E-state index contributed by atoms with van der Waals surface area (Å²) in [5, 5.41) is 15.9. The van der Waals surface area contributed by atoms with Crippen LogP contribution in [-0.4, -0.2) is 39.3 Å². The lowest BCUT2D eigenvalue weighted by molar-refractivity contribution is -0.384. The number of nitrogens with one attached hydrogen (secondary N) is 1. The molecule has 1 amide bonds. The Morgan fingerprint density at radius 3 is 2.60 bits per heavy atom. The van der Waals surface area contributed by atoms with Gasteiger partial charge in [0.2, 0.25) is 5.91 Å². The molecule has 0 fully saturated rings. The number of nitrogens with zero attached hydrogens (tertiary/aromatic N) is 3. The van der Waals surface area contributed by atoms with Gasteiger partial charge in [0.1, 0.15) is 0 Å². The van der Waals surface area contributed by atoms with Gasteiger partial charge < -0.3 is 5.32 Å². The minimum atomic E-state index is -0.440. The molecule has 0 unspecified atom stereocenters. The molecule has 25 heavy (non-hydrogen) atoms. The highest BCUT2D eigenvalue weighted by Crippen LogP contribution is 2.27. The lowest BCUT2D eigenvalue weighted by Crippen LogP contribution is -2.42. The Kier molecular flexibility index (Phi) is 6.22. The Morgan fingerprint density at radius 2 is 2.00 bits per heavy atom. The number of thiazole rings is 1. The van der Waals surface area contributed by atoms with E-state index in [-0.39, 0.29) is 23.7 Å². The third-order valence-corrected chi connectivity index (χ3v) is 4.51. The highest BCUT2D eigenvalue weighted by molar-refractivity contribution is 7.14. The van der Waals surface area contributed by atoms with Crippen molar-refractivity contribution in [1.29, 1.82) is 0 Å². The second-order valence-electron chi connectivity index (χ2n) is 6.25. The standard InChI is InChI=1S/C17H22N4O3S/c1-11(2)20(12(3)4)9-16(22)19-17-18-15(10-25-17)13-6-5-7-14(8-13)21(23)24/h5-8,10-12H,9H2,1-4H3,(H,18,19,22). The molecule has 1 N–H and O–H groups in total. The fourth-order valence-corrected chi connectivity index (χ4v) is 3.26. The summed E-state index contributed by atoms with van der Waals surface area (Å²) < 4.78 is 0. The van der Waals surface area contributed by atoms with E-state index in [0.717, 1.165) is 0 Å². The van der Waals surface area contributed by atoms with E-state index in [2.05, 4.69) is 42.9 Å². The van der Waals surface area contributed by atoms with Crippen LogP contribution in [0.1, 0.15) is 27.7 Å². The number of non-ortho nitro benzene ring substituents is 1. The zero-order valence-corrected chi connectivity index (χ0v) is 15.5. The van der Waals surface area contributed by atoms with Gasteiger partial charge in [-0.2, -0.15) is 0 Å². The van der Waals surface area contributed by atoms with Gasteiger partial charge in [-0.15, -0.1) is 11.3 Å². The number of carbonyl (C=O) groups is 1. The number of benzene rings is 1. The van der Waals surface area contributed by atoms with Crippen LogP contribution in [0, 0.1) is 10.1 Å². The molecule has 2 rings (SSSR count). The van der Waals surface area contributed by atoms with Gasteiger partial charge in [-0.05, 0) is 27.7 Å². The van der Waals surface area contributed by atoms with Crippen LogP contribution in [0.4, 0.5) is 10.8 Å². The number of hydrogen-bond donors (Lipinski definition) is 1. The number of nitro benzene ring substituents is 1. The first-order chi connectivity index (χ1) is 11.8. The fraction of sp³-hybridized carbons (Fsp3) is 0.412. The van der Waals surface area contributed by atoms with Crippen LogP contribution in [0.25, 0.3) is 11.3 Å². The SMILES string of the molecule is CC(C)N(CC(=O)Nc1nc(-c2cccc([N+](=O)[O-])c2)cs1)C(C)C. The van der Waals surface area contributed by atoms with Crippen molar-refractivity contribution < 1.29 is 9.72 Å². The predicted molar refractivity (Wildman–Crippen MR) is 99.8 cm³/mol. The molecular formula is C17H22N4O3S. The van der Waals surface area contributed by atoms with E-state index < -0.39 is 4.92 Å². The zero-order chi connectivity index (χ0) is 18.6. The van der Waals surface area contributed by atoms with Gasteiger partial charge in [-0.3, -0.25) is 19.8 Å². The molecular weight excluding hydrogens is 340 g/mol. The van der Waals surface area contributed by atoms with Crippen molar-refractivity contribution >= 4 is 28.1 Å². The Bertz CT molecular complexity index is 750. The molecule has 1 aromatic carbocycles. The average Bonchev–Trinajstić information content (AvgIpc) is 3.00. The molecule has 0 aliphatic rings. The van der Waals surface area contributed by atoms with E-state index >= 15 is 0 Å². The first kappa shape index (κ1) is 19.0. The predicted octanol–water partition coefficient (Wildman–Crippen LogP) is 3.78. The molecule has 0 saturated carbocycles. The molecule has 0 atom stereocenters. The summed E-state index contributed by atoms with van der Waals surface area (Å²) in [6, 6.07) is 6.82. The van der Waals surface area contributed by atoms with E-state index in [0.29, 0.717) is 22.9 Å². The first-order valence-electron chi connectivity index (χ1n) is 8.04. The van der Waals surface area contributed by atoms with Gasteiger partial charge in [0.05, 0.1) is 17.2 Å². The molecule has 0 spiro atoms. The third-order valence-electron chi connectivity index (χ3n) is 3.76. The van der Waals surface area contributed by atoms with E-state index in [1.165, 1.54) is 23.5 Å². The maximum atomic E-state index is 12.2. The summed E-state index contributed by atoms with van der Waals surface area (Å²) in [6.45, 7) is 8.50. The molecule has 0 aliphatic carbocycles. The molecule has 0 saturated heterocycles. The largest absolute Gasteiger partial charge is 0.301 e. The lowest BCUT2D eigenvalue weighted by atomic mass is 10.1. The molecule has 0 bridgehead atoms. The quantitative estimate of drug-likeness (QED) is 0.598.